The monoisotopic (exact) mass is 414 g/mol. The van der Waals surface area contributed by atoms with Gasteiger partial charge in [0, 0.05) is 31.9 Å². The SMILES string of the molecule is O=C(CSc1nnc(-c2ccccc2Cl)o1)N1CCN(c2ccccc2)CC1. The van der Waals surface area contributed by atoms with E-state index in [0.717, 1.165) is 13.1 Å². The maximum Gasteiger partial charge on any atom is 0.277 e. The molecule has 0 spiro atoms. The fraction of sp³-hybridized carbons (Fsp3) is 0.250. The highest BCUT2D eigenvalue weighted by Crippen LogP contribution is 2.28. The molecule has 2 heterocycles. The van der Waals surface area contributed by atoms with E-state index in [1.165, 1.54) is 17.4 Å². The second kappa shape index (κ2) is 8.67. The van der Waals surface area contributed by atoms with Gasteiger partial charge in [-0.15, -0.1) is 10.2 Å². The van der Waals surface area contributed by atoms with Gasteiger partial charge in [-0.1, -0.05) is 53.7 Å². The number of amides is 1. The molecule has 0 saturated carbocycles. The van der Waals surface area contributed by atoms with E-state index in [2.05, 4.69) is 27.2 Å². The topological polar surface area (TPSA) is 62.5 Å². The molecule has 1 fully saturated rings. The molecule has 1 saturated heterocycles. The van der Waals surface area contributed by atoms with Gasteiger partial charge in [-0.05, 0) is 24.3 Å². The number of thioether (sulfide) groups is 1. The lowest BCUT2D eigenvalue weighted by Gasteiger charge is -2.36. The first-order valence-electron chi connectivity index (χ1n) is 9.00. The van der Waals surface area contributed by atoms with Crippen LogP contribution in [0.1, 0.15) is 0 Å². The number of hydrogen-bond donors (Lipinski definition) is 0. The van der Waals surface area contributed by atoms with Crippen molar-refractivity contribution in [3.63, 3.8) is 0 Å². The number of halogens is 1. The predicted molar refractivity (Wildman–Crippen MR) is 111 cm³/mol. The molecule has 8 heteroatoms. The smallest absolute Gasteiger partial charge is 0.277 e. The van der Waals surface area contributed by atoms with Gasteiger partial charge in [0.1, 0.15) is 0 Å². The van der Waals surface area contributed by atoms with Gasteiger partial charge in [-0.2, -0.15) is 0 Å². The Hall–Kier alpha value is -2.51. The summed E-state index contributed by atoms with van der Waals surface area (Å²) in [6.07, 6.45) is 0. The van der Waals surface area contributed by atoms with Gasteiger partial charge < -0.3 is 14.2 Å². The molecule has 4 rings (SSSR count). The summed E-state index contributed by atoms with van der Waals surface area (Å²) in [5, 5.41) is 8.96. The van der Waals surface area contributed by atoms with Crippen molar-refractivity contribution in [1.82, 2.24) is 15.1 Å². The maximum atomic E-state index is 12.5. The number of hydrogen-bond acceptors (Lipinski definition) is 6. The van der Waals surface area contributed by atoms with Crippen molar-refractivity contribution in [1.29, 1.82) is 0 Å². The Morgan fingerprint density at radius 2 is 1.71 bits per heavy atom. The number of piperazine rings is 1. The summed E-state index contributed by atoms with van der Waals surface area (Å²) in [5.41, 5.74) is 1.88. The first-order chi connectivity index (χ1) is 13.7. The Morgan fingerprint density at radius 1 is 1.00 bits per heavy atom. The van der Waals surface area contributed by atoms with Gasteiger partial charge in [0.25, 0.3) is 5.22 Å². The van der Waals surface area contributed by atoms with Gasteiger partial charge in [-0.3, -0.25) is 4.79 Å². The van der Waals surface area contributed by atoms with Crippen LogP contribution in [0.5, 0.6) is 0 Å². The largest absolute Gasteiger partial charge is 0.411 e. The molecule has 28 heavy (non-hydrogen) atoms. The van der Waals surface area contributed by atoms with Crippen molar-refractivity contribution in [3.05, 3.63) is 59.6 Å². The van der Waals surface area contributed by atoms with E-state index >= 15 is 0 Å². The summed E-state index contributed by atoms with van der Waals surface area (Å²) >= 11 is 7.41. The molecule has 0 unspecified atom stereocenters. The van der Waals surface area contributed by atoms with Crippen LogP contribution < -0.4 is 4.90 Å². The van der Waals surface area contributed by atoms with Gasteiger partial charge in [-0.25, -0.2) is 0 Å². The third kappa shape index (κ3) is 4.31. The predicted octanol–water partition coefficient (Wildman–Crippen LogP) is 3.83. The van der Waals surface area contributed by atoms with Crippen molar-refractivity contribution >= 4 is 35.0 Å². The first-order valence-corrected chi connectivity index (χ1v) is 10.4. The minimum Gasteiger partial charge on any atom is -0.411 e. The summed E-state index contributed by atoms with van der Waals surface area (Å²) in [6.45, 7) is 3.08. The Balaban J connectivity index is 1.29. The van der Waals surface area contributed by atoms with Gasteiger partial charge in [0.2, 0.25) is 11.8 Å². The van der Waals surface area contributed by atoms with Crippen molar-refractivity contribution in [2.45, 2.75) is 5.22 Å². The highest BCUT2D eigenvalue weighted by Gasteiger charge is 2.22. The molecule has 1 aliphatic heterocycles. The molecule has 2 aromatic carbocycles. The van der Waals surface area contributed by atoms with E-state index in [1.54, 1.807) is 6.07 Å². The minimum absolute atomic E-state index is 0.0789. The third-order valence-corrected chi connectivity index (χ3v) is 5.72. The molecule has 1 aromatic heterocycles. The Kier molecular flexibility index (Phi) is 5.83. The van der Waals surface area contributed by atoms with Gasteiger partial charge in [0.05, 0.1) is 16.3 Å². The molecule has 144 valence electrons. The van der Waals surface area contributed by atoms with Crippen LogP contribution in [0.4, 0.5) is 5.69 Å². The molecule has 0 radical (unpaired) electrons. The van der Waals surface area contributed by atoms with Crippen molar-refractivity contribution in [2.75, 3.05) is 36.8 Å². The fourth-order valence-corrected chi connectivity index (χ4v) is 3.96. The quantitative estimate of drug-likeness (QED) is 0.591. The van der Waals surface area contributed by atoms with Crippen molar-refractivity contribution in [2.24, 2.45) is 0 Å². The van der Waals surface area contributed by atoms with E-state index in [-0.39, 0.29) is 11.7 Å². The normalized spacial score (nSPS) is 14.3. The lowest BCUT2D eigenvalue weighted by molar-refractivity contribution is -0.128. The van der Waals surface area contributed by atoms with Crippen LogP contribution in [0.25, 0.3) is 11.5 Å². The second-order valence-electron chi connectivity index (χ2n) is 6.35. The average Bonchev–Trinajstić information content (AvgIpc) is 3.22. The Bertz CT molecular complexity index is 942. The minimum atomic E-state index is 0.0789. The van der Waals surface area contributed by atoms with Gasteiger partial charge >= 0.3 is 0 Å². The van der Waals surface area contributed by atoms with Gasteiger partial charge in [0.15, 0.2) is 0 Å². The van der Waals surface area contributed by atoms with Crippen LogP contribution in [0, 0.1) is 0 Å². The van der Waals surface area contributed by atoms with Crippen LogP contribution in [0.3, 0.4) is 0 Å². The number of carbonyl (C=O) groups is 1. The molecule has 6 nitrogen and oxygen atoms in total. The number of para-hydroxylation sites is 1. The van der Waals surface area contributed by atoms with Crippen LogP contribution >= 0.6 is 23.4 Å². The summed E-state index contributed by atoms with van der Waals surface area (Å²) in [4.78, 5) is 16.7. The summed E-state index contributed by atoms with van der Waals surface area (Å²) in [6, 6.07) is 17.6. The molecular weight excluding hydrogens is 396 g/mol. The standard InChI is InChI=1S/C20H19ClN4O2S/c21-17-9-5-4-8-16(17)19-22-23-20(27-19)28-14-18(26)25-12-10-24(11-13-25)15-6-2-1-3-7-15/h1-9H,10-14H2. The molecule has 0 bridgehead atoms. The molecule has 1 amide bonds. The zero-order valence-electron chi connectivity index (χ0n) is 15.1. The third-order valence-electron chi connectivity index (χ3n) is 4.58. The number of carbonyl (C=O) groups excluding carboxylic acids is 1. The highest BCUT2D eigenvalue weighted by atomic mass is 35.5. The molecule has 0 atom stereocenters. The molecule has 1 aliphatic rings. The number of aromatic nitrogens is 2. The number of rotatable bonds is 5. The molecule has 0 N–H and O–H groups in total. The molecule has 3 aromatic rings. The second-order valence-corrected chi connectivity index (χ2v) is 7.68. The van der Waals surface area contributed by atoms with Crippen molar-refractivity contribution in [3.8, 4) is 11.5 Å². The van der Waals surface area contributed by atoms with E-state index in [9.17, 15) is 4.79 Å². The summed E-state index contributed by atoms with van der Waals surface area (Å²) in [7, 11) is 0. The zero-order valence-corrected chi connectivity index (χ0v) is 16.7. The Morgan fingerprint density at radius 3 is 2.46 bits per heavy atom. The summed E-state index contributed by atoms with van der Waals surface area (Å²) in [5.74, 6) is 0.711. The lowest BCUT2D eigenvalue weighted by atomic mass is 10.2. The molecule has 0 aliphatic carbocycles. The van der Waals surface area contributed by atoms with E-state index in [0.29, 0.717) is 34.8 Å². The number of benzene rings is 2. The zero-order chi connectivity index (χ0) is 19.3. The highest BCUT2D eigenvalue weighted by molar-refractivity contribution is 7.99. The fourth-order valence-electron chi connectivity index (χ4n) is 3.08. The summed E-state index contributed by atoms with van der Waals surface area (Å²) < 4.78 is 5.64. The average molecular weight is 415 g/mol. The molecular formula is C20H19ClN4O2S. The van der Waals surface area contributed by atoms with Crippen LogP contribution in [0.2, 0.25) is 5.02 Å². The first kappa shape index (κ1) is 18.8. The van der Waals surface area contributed by atoms with Crippen LogP contribution in [-0.4, -0.2) is 52.9 Å². The Labute approximate surface area is 172 Å². The number of nitrogens with zero attached hydrogens (tertiary/aromatic N) is 4. The van der Waals surface area contributed by atoms with E-state index in [4.69, 9.17) is 16.0 Å². The van der Waals surface area contributed by atoms with Crippen molar-refractivity contribution < 1.29 is 9.21 Å². The van der Waals surface area contributed by atoms with Crippen LogP contribution in [0.15, 0.2) is 64.2 Å². The van der Waals surface area contributed by atoms with Crippen LogP contribution in [-0.2, 0) is 4.79 Å². The van der Waals surface area contributed by atoms with E-state index < -0.39 is 0 Å². The van der Waals surface area contributed by atoms with E-state index in [1.807, 2.05) is 41.3 Å². The maximum absolute atomic E-state index is 12.5. The number of anilines is 1. The lowest BCUT2D eigenvalue weighted by Crippen LogP contribution is -2.49.